The molecule has 29 heavy (non-hydrogen) atoms. The standard InChI is InChI=1S/C17H25N5O7/c1-17(2,3)28-15(25)21(4)8-9-22(5)16(26)29-20-18-11-6-7-13(23)12(10-11)14(24)19-27/h6-7,10,18,20,23H,8-9H2,1-5H3. The molecule has 1 rings (SSSR count). The molecular formula is C17H25N5O7. The molecule has 12 nitrogen and oxygen atoms in total. The van der Waals surface area contributed by atoms with E-state index in [4.69, 9.17) is 9.57 Å². The summed E-state index contributed by atoms with van der Waals surface area (Å²) in [5, 5.41) is 11.8. The van der Waals surface area contributed by atoms with Crippen molar-refractivity contribution in [2.45, 2.75) is 26.4 Å². The van der Waals surface area contributed by atoms with Crippen molar-refractivity contribution in [2.24, 2.45) is 5.18 Å². The maximum Gasteiger partial charge on any atom is 0.430 e. The summed E-state index contributed by atoms with van der Waals surface area (Å²) in [5.41, 5.74) is 3.96. The molecule has 0 fully saturated rings. The molecule has 0 unspecified atom stereocenters. The number of nitrogens with zero attached hydrogens (tertiary/aromatic N) is 3. The number of phenols is 1. The third kappa shape index (κ3) is 8.01. The summed E-state index contributed by atoms with van der Waals surface area (Å²) < 4.78 is 5.21. The molecule has 1 aromatic carbocycles. The summed E-state index contributed by atoms with van der Waals surface area (Å²) >= 11 is 0. The van der Waals surface area contributed by atoms with Crippen LogP contribution < -0.4 is 11.0 Å². The zero-order chi connectivity index (χ0) is 22.2. The number of hydrogen-bond acceptors (Lipinski definition) is 9. The fraction of sp³-hybridized carbons (Fsp3) is 0.471. The fourth-order valence-corrected chi connectivity index (χ4v) is 1.86. The number of anilines is 1. The number of carbonyl (C=O) groups is 3. The third-order valence-electron chi connectivity index (χ3n) is 3.43. The Hall–Kier alpha value is -3.41. The van der Waals surface area contributed by atoms with Crippen LogP contribution in [0.1, 0.15) is 31.1 Å². The van der Waals surface area contributed by atoms with E-state index in [1.165, 1.54) is 29.0 Å². The summed E-state index contributed by atoms with van der Waals surface area (Å²) in [7, 11) is 3.02. The summed E-state index contributed by atoms with van der Waals surface area (Å²) in [4.78, 5) is 52.8. The van der Waals surface area contributed by atoms with Crippen molar-refractivity contribution in [3.63, 3.8) is 0 Å². The van der Waals surface area contributed by atoms with Crippen molar-refractivity contribution in [3.05, 3.63) is 28.7 Å². The molecule has 3 amide bonds. The van der Waals surface area contributed by atoms with E-state index in [2.05, 4.69) is 16.2 Å². The molecule has 0 aliphatic heterocycles. The number of benzene rings is 1. The second-order valence-corrected chi connectivity index (χ2v) is 7.05. The first-order valence-electron chi connectivity index (χ1n) is 8.52. The predicted molar refractivity (Wildman–Crippen MR) is 103 cm³/mol. The van der Waals surface area contributed by atoms with E-state index in [0.717, 1.165) is 6.07 Å². The molecule has 3 N–H and O–H groups in total. The lowest BCUT2D eigenvalue weighted by atomic mass is 10.1. The van der Waals surface area contributed by atoms with Crippen molar-refractivity contribution in [1.82, 2.24) is 15.4 Å². The smallest absolute Gasteiger partial charge is 0.430 e. The number of aromatic hydroxyl groups is 1. The molecule has 0 bridgehead atoms. The Morgan fingerprint density at radius 2 is 1.69 bits per heavy atom. The van der Waals surface area contributed by atoms with Crippen molar-refractivity contribution in [3.8, 4) is 5.75 Å². The first-order valence-corrected chi connectivity index (χ1v) is 8.52. The summed E-state index contributed by atoms with van der Waals surface area (Å²) in [6, 6.07) is 3.69. The third-order valence-corrected chi connectivity index (χ3v) is 3.43. The van der Waals surface area contributed by atoms with Crippen LogP contribution >= 0.6 is 0 Å². The largest absolute Gasteiger partial charge is 0.507 e. The highest BCUT2D eigenvalue weighted by Crippen LogP contribution is 2.21. The second kappa shape index (κ2) is 10.2. The number of hydrazine groups is 1. The van der Waals surface area contributed by atoms with Gasteiger partial charge in [-0.05, 0) is 39.0 Å². The number of rotatable bonds is 7. The van der Waals surface area contributed by atoms with Gasteiger partial charge in [-0.25, -0.2) is 9.59 Å². The van der Waals surface area contributed by atoms with Gasteiger partial charge in [0, 0.05) is 32.4 Å². The van der Waals surface area contributed by atoms with Crippen LogP contribution in [0.5, 0.6) is 5.75 Å². The Morgan fingerprint density at radius 3 is 2.24 bits per heavy atom. The van der Waals surface area contributed by atoms with Crippen molar-refractivity contribution >= 4 is 23.8 Å². The van der Waals surface area contributed by atoms with Gasteiger partial charge >= 0.3 is 18.1 Å². The Kier molecular flexibility index (Phi) is 8.33. The molecule has 0 radical (unpaired) electrons. The van der Waals surface area contributed by atoms with E-state index in [1.54, 1.807) is 27.8 Å². The lowest BCUT2D eigenvalue weighted by molar-refractivity contribution is 0.0272. The van der Waals surface area contributed by atoms with E-state index < -0.39 is 29.4 Å². The highest BCUT2D eigenvalue weighted by atomic mass is 16.7. The topological polar surface area (TPSA) is 150 Å². The van der Waals surface area contributed by atoms with Gasteiger partial charge in [0.1, 0.15) is 11.4 Å². The fourth-order valence-electron chi connectivity index (χ4n) is 1.86. The molecule has 0 heterocycles. The number of nitrogens with one attached hydrogen (secondary N) is 2. The van der Waals surface area contributed by atoms with Gasteiger partial charge < -0.3 is 24.5 Å². The van der Waals surface area contributed by atoms with Gasteiger partial charge in [-0.2, -0.15) is 0 Å². The molecule has 12 heteroatoms. The van der Waals surface area contributed by atoms with Gasteiger partial charge in [-0.15, -0.1) is 4.91 Å². The minimum Gasteiger partial charge on any atom is -0.507 e. The van der Waals surface area contributed by atoms with Crippen LogP contribution in [0.3, 0.4) is 0 Å². The van der Waals surface area contributed by atoms with Gasteiger partial charge in [-0.3, -0.25) is 10.2 Å². The van der Waals surface area contributed by atoms with E-state index in [9.17, 15) is 24.4 Å². The summed E-state index contributed by atoms with van der Waals surface area (Å²) in [6.45, 7) is 5.66. The average molecular weight is 411 g/mol. The first kappa shape index (κ1) is 23.6. The van der Waals surface area contributed by atoms with Crippen LogP contribution in [0, 0.1) is 4.91 Å². The van der Waals surface area contributed by atoms with Gasteiger partial charge in [0.15, 0.2) is 0 Å². The second-order valence-electron chi connectivity index (χ2n) is 7.05. The molecule has 0 aliphatic carbocycles. The Labute approximate surface area is 167 Å². The predicted octanol–water partition coefficient (Wildman–Crippen LogP) is 2.07. The number of nitroso groups, excluding NO2 is 1. The van der Waals surface area contributed by atoms with Crippen LogP contribution in [0.25, 0.3) is 0 Å². The number of phenolic OH excluding ortho intramolecular Hbond substituents is 1. The maximum atomic E-state index is 11.9. The zero-order valence-corrected chi connectivity index (χ0v) is 16.9. The van der Waals surface area contributed by atoms with Crippen LogP contribution in [0.4, 0.5) is 15.3 Å². The molecule has 0 aliphatic rings. The average Bonchev–Trinajstić information content (AvgIpc) is 2.64. The summed E-state index contributed by atoms with van der Waals surface area (Å²) in [6.07, 6.45) is -1.26. The van der Waals surface area contributed by atoms with Crippen LogP contribution in [0.2, 0.25) is 0 Å². The quantitative estimate of drug-likeness (QED) is 0.348. The molecular weight excluding hydrogens is 386 g/mol. The number of carbonyl (C=O) groups excluding carboxylic acids is 3. The maximum absolute atomic E-state index is 11.9. The van der Waals surface area contributed by atoms with E-state index in [-0.39, 0.29) is 24.3 Å². The number of amides is 3. The van der Waals surface area contributed by atoms with Gasteiger partial charge in [0.2, 0.25) is 0 Å². The van der Waals surface area contributed by atoms with Crippen molar-refractivity contribution < 1.29 is 29.1 Å². The number of likely N-dealkylation sites (N-methyl/N-ethyl adjacent to an activating group) is 2. The molecule has 1 aromatic rings. The first-order chi connectivity index (χ1) is 13.4. The number of hydrogen-bond donors (Lipinski definition) is 3. The molecule has 0 atom stereocenters. The number of ether oxygens (including phenoxy) is 1. The lowest BCUT2D eigenvalue weighted by Gasteiger charge is -2.26. The highest BCUT2D eigenvalue weighted by molar-refractivity contribution is 5.98. The van der Waals surface area contributed by atoms with Gasteiger partial charge in [0.25, 0.3) is 0 Å². The van der Waals surface area contributed by atoms with Crippen LogP contribution in [-0.4, -0.2) is 65.8 Å². The monoisotopic (exact) mass is 411 g/mol. The molecule has 0 aromatic heterocycles. The van der Waals surface area contributed by atoms with Gasteiger partial charge in [0.05, 0.1) is 11.3 Å². The SMILES string of the molecule is CN(CCN(C)C(=O)OC(C)(C)C)C(=O)ONNc1ccc(O)c(C(=O)N=O)c1. The van der Waals surface area contributed by atoms with E-state index in [0.29, 0.717) is 0 Å². The Balaban J connectivity index is 2.46. The minimum absolute atomic E-state index is 0.180. The van der Waals surface area contributed by atoms with Crippen LogP contribution in [-0.2, 0) is 9.57 Å². The zero-order valence-electron chi connectivity index (χ0n) is 16.9. The minimum atomic E-state index is -1.14. The highest BCUT2D eigenvalue weighted by Gasteiger charge is 2.20. The molecule has 160 valence electrons. The van der Waals surface area contributed by atoms with E-state index >= 15 is 0 Å². The molecule has 0 saturated carbocycles. The Morgan fingerprint density at radius 1 is 1.10 bits per heavy atom. The lowest BCUT2D eigenvalue weighted by Crippen LogP contribution is -2.41. The normalized spacial score (nSPS) is 10.7. The van der Waals surface area contributed by atoms with Crippen molar-refractivity contribution in [1.29, 1.82) is 0 Å². The molecule has 0 spiro atoms. The summed E-state index contributed by atoms with van der Waals surface area (Å²) in [5.74, 6) is -1.55. The van der Waals surface area contributed by atoms with Crippen molar-refractivity contribution in [2.75, 3.05) is 32.6 Å². The van der Waals surface area contributed by atoms with E-state index in [1.807, 2.05) is 0 Å². The Bertz CT molecular complexity index is 763. The van der Waals surface area contributed by atoms with Crippen LogP contribution in [0.15, 0.2) is 23.4 Å². The van der Waals surface area contributed by atoms with Gasteiger partial charge in [-0.1, -0.05) is 5.59 Å². The molecule has 0 saturated heterocycles.